The van der Waals surface area contributed by atoms with E-state index in [1.165, 1.54) is 0 Å². The predicted octanol–water partition coefficient (Wildman–Crippen LogP) is 3.38. The second-order valence-electron chi connectivity index (χ2n) is 2.89. The van der Waals surface area contributed by atoms with Crippen LogP contribution in [0, 0.1) is 0 Å². The molecular weight excluding hydrogens is 212 g/mol. The van der Waals surface area contributed by atoms with Gasteiger partial charge < -0.3 is 4.42 Å². The fraction of sp³-hybridized carbons (Fsp3) is 0. The molecule has 2 aromatic rings. The zero-order valence-electron chi connectivity index (χ0n) is 7.85. The maximum absolute atomic E-state index is 5.75. The molecule has 0 bridgehead atoms. The Hall–Kier alpha value is -1.74. The summed E-state index contributed by atoms with van der Waals surface area (Å²) >= 11 is 5.75. The molecule has 1 N–H and O–H groups in total. The molecule has 1 heterocycles. The van der Waals surface area contributed by atoms with Crippen molar-refractivity contribution in [1.82, 2.24) is 0 Å². The van der Waals surface area contributed by atoms with E-state index in [4.69, 9.17) is 16.0 Å². The number of benzene rings is 1. The normalized spacial score (nSPS) is 10.7. The smallest absolute Gasteiger partial charge is 0.146 e. The Labute approximate surface area is 92.4 Å². The molecule has 0 spiro atoms. The monoisotopic (exact) mass is 220 g/mol. The lowest BCUT2D eigenvalue weighted by Gasteiger charge is -1.98. The number of hydrogen-bond donors (Lipinski definition) is 1. The molecule has 0 aliphatic heterocycles. The molecule has 1 aromatic carbocycles. The summed E-state index contributed by atoms with van der Waals surface area (Å²) in [5.41, 5.74) is 3.74. The third-order valence-corrected chi connectivity index (χ3v) is 2.02. The van der Waals surface area contributed by atoms with E-state index in [9.17, 15) is 0 Å². The van der Waals surface area contributed by atoms with E-state index in [-0.39, 0.29) is 0 Å². The highest BCUT2D eigenvalue weighted by Crippen LogP contribution is 2.13. The van der Waals surface area contributed by atoms with Crippen LogP contribution >= 0.6 is 11.6 Å². The highest BCUT2D eigenvalue weighted by molar-refractivity contribution is 6.30. The van der Waals surface area contributed by atoms with Gasteiger partial charge in [0.05, 0.1) is 18.2 Å². The van der Waals surface area contributed by atoms with Gasteiger partial charge in [0.15, 0.2) is 0 Å². The zero-order chi connectivity index (χ0) is 10.5. The van der Waals surface area contributed by atoms with Crippen LogP contribution in [0.25, 0.3) is 0 Å². The molecule has 0 aliphatic carbocycles. The summed E-state index contributed by atoms with van der Waals surface area (Å²) in [6.45, 7) is 0. The van der Waals surface area contributed by atoms with Gasteiger partial charge in [0.25, 0.3) is 0 Å². The Morgan fingerprint density at radius 2 is 2.00 bits per heavy atom. The minimum Gasteiger partial charge on any atom is -0.463 e. The summed E-state index contributed by atoms with van der Waals surface area (Å²) in [7, 11) is 0. The molecule has 0 saturated heterocycles. The number of halogens is 1. The van der Waals surface area contributed by atoms with Crippen LogP contribution in [-0.4, -0.2) is 6.21 Å². The molecule has 4 heteroatoms. The van der Waals surface area contributed by atoms with Gasteiger partial charge >= 0.3 is 0 Å². The Kier molecular flexibility index (Phi) is 3.05. The maximum atomic E-state index is 5.75. The highest BCUT2D eigenvalue weighted by Gasteiger charge is 1.90. The average Bonchev–Trinajstić information content (AvgIpc) is 2.74. The zero-order valence-corrected chi connectivity index (χ0v) is 8.61. The van der Waals surface area contributed by atoms with Gasteiger partial charge in [-0.25, -0.2) is 0 Å². The first kappa shape index (κ1) is 9.80. The summed E-state index contributed by atoms with van der Waals surface area (Å²) in [5, 5.41) is 4.71. The number of nitrogens with one attached hydrogen (secondary N) is 1. The SMILES string of the molecule is Clc1ccc(N/N=C\c2ccco2)cc1. The van der Waals surface area contributed by atoms with Crippen LogP contribution in [0.2, 0.25) is 5.02 Å². The van der Waals surface area contributed by atoms with E-state index in [0.29, 0.717) is 10.8 Å². The lowest BCUT2D eigenvalue weighted by molar-refractivity contribution is 0.560. The number of rotatable bonds is 3. The van der Waals surface area contributed by atoms with Crippen molar-refractivity contribution >= 4 is 23.5 Å². The van der Waals surface area contributed by atoms with Gasteiger partial charge in [0, 0.05) is 5.02 Å². The van der Waals surface area contributed by atoms with Gasteiger partial charge in [-0.05, 0) is 36.4 Å². The fourth-order valence-corrected chi connectivity index (χ4v) is 1.19. The molecule has 76 valence electrons. The minimum atomic E-state index is 0.704. The molecule has 15 heavy (non-hydrogen) atoms. The number of nitrogens with zero attached hydrogens (tertiary/aromatic N) is 1. The molecule has 0 fully saturated rings. The van der Waals surface area contributed by atoms with Crippen molar-refractivity contribution in [2.75, 3.05) is 5.43 Å². The van der Waals surface area contributed by atoms with Gasteiger partial charge in [0.1, 0.15) is 5.76 Å². The molecule has 1 aromatic heterocycles. The van der Waals surface area contributed by atoms with Crippen molar-refractivity contribution in [3.8, 4) is 0 Å². The van der Waals surface area contributed by atoms with Gasteiger partial charge in [-0.3, -0.25) is 5.43 Å². The Morgan fingerprint density at radius 1 is 1.20 bits per heavy atom. The Balaban J connectivity index is 1.96. The van der Waals surface area contributed by atoms with Crippen molar-refractivity contribution in [1.29, 1.82) is 0 Å². The van der Waals surface area contributed by atoms with Crippen molar-refractivity contribution in [2.45, 2.75) is 0 Å². The summed E-state index contributed by atoms with van der Waals surface area (Å²) in [4.78, 5) is 0. The van der Waals surface area contributed by atoms with Crippen molar-refractivity contribution in [3.63, 3.8) is 0 Å². The van der Waals surface area contributed by atoms with Gasteiger partial charge in [0.2, 0.25) is 0 Å². The Bertz CT molecular complexity index is 434. The number of hydrazone groups is 1. The topological polar surface area (TPSA) is 37.5 Å². The third kappa shape index (κ3) is 2.86. The maximum Gasteiger partial charge on any atom is 0.146 e. The van der Waals surface area contributed by atoms with Crippen LogP contribution in [0.3, 0.4) is 0 Å². The third-order valence-electron chi connectivity index (χ3n) is 1.77. The van der Waals surface area contributed by atoms with E-state index in [1.54, 1.807) is 24.6 Å². The number of anilines is 1. The molecule has 0 saturated carbocycles. The largest absolute Gasteiger partial charge is 0.463 e. The summed E-state index contributed by atoms with van der Waals surface area (Å²) in [6, 6.07) is 10.9. The van der Waals surface area contributed by atoms with Crippen LogP contribution in [-0.2, 0) is 0 Å². The molecule has 0 radical (unpaired) electrons. The van der Waals surface area contributed by atoms with E-state index in [0.717, 1.165) is 5.69 Å². The van der Waals surface area contributed by atoms with Crippen molar-refractivity contribution < 1.29 is 4.42 Å². The first-order chi connectivity index (χ1) is 7.34. The fourth-order valence-electron chi connectivity index (χ4n) is 1.06. The quantitative estimate of drug-likeness (QED) is 0.636. The molecular formula is C11H9ClN2O. The first-order valence-electron chi connectivity index (χ1n) is 4.43. The summed E-state index contributed by atoms with van der Waals surface area (Å²) in [5.74, 6) is 0.705. The Morgan fingerprint density at radius 3 is 2.67 bits per heavy atom. The van der Waals surface area contributed by atoms with E-state index in [1.807, 2.05) is 24.3 Å². The standard InChI is InChI=1S/C11H9ClN2O/c12-9-3-5-10(6-4-9)14-13-8-11-2-1-7-15-11/h1-8,14H/b13-8-. The molecule has 2 rings (SSSR count). The number of furan rings is 1. The van der Waals surface area contributed by atoms with Crippen LogP contribution in [0.1, 0.15) is 5.76 Å². The average molecular weight is 221 g/mol. The molecule has 0 amide bonds. The molecule has 0 aliphatic rings. The van der Waals surface area contributed by atoms with Gasteiger partial charge in [-0.15, -0.1) is 0 Å². The van der Waals surface area contributed by atoms with Crippen LogP contribution in [0.5, 0.6) is 0 Å². The minimum absolute atomic E-state index is 0.704. The van der Waals surface area contributed by atoms with E-state index in [2.05, 4.69) is 10.5 Å². The summed E-state index contributed by atoms with van der Waals surface area (Å²) in [6.07, 6.45) is 3.21. The molecule has 3 nitrogen and oxygen atoms in total. The van der Waals surface area contributed by atoms with Crippen molar-refractivity contribution in [2.24, 2.45) is 5.10 Å². The highest BCUT2D eigenvalue weighted by atomic mass is 35.5. The van der Waals surface area contributed by atoms with Gasteiger partial charge in [-0.1, -0.05) is 11.6 Å². The van der Waals surface area contributed by atoms with Crippen LogP contribution in [0.15, 0.2) is 52.2 Å². The van der Waals surface area contributed by atoms with E-state index >= 15 is 0 Å². The first-order valence-corrected chi connectivity index (χ1v) is 4.80. The molecule has 0 atom stereocenters. The van der Waals surface area contributed by atoms with E-state index < -0.39 is 0 Å². The van der Waals surface area contributed by atoms with Crippen LogP contribution in [0.4, 0.5) is 5.69 Å². The van der Waals surface area contributed by atoms with Gasteiger partial charge in [-0.2, -0.15) is 5.10 Å². The second-order valence-corrected chi connectivity index (χ2v) is 3.33. The molecule has 0 unspecified atom stereocenters. The lowest BCUT2D eigenvalue weighted by Crippen LogP contribution is -1.88. The lowest BCUT2D eigenvalue weighted by atomic mass is 10.3. The van der Waals surface area contributed by atoms with Crippen molar-refractivity contribution in [3.05, 3.63) is 53.4 Å². The van der Waals surface area contributed by atoms with Crippen LogP contribution < -0.4 is 5.43 Å². The number of hydrogen-bond acceptors (Lipinski definition) is 3. The second kappa shape index (κ2) is 4.66. The predicted molar refractivity (Wildman–Crippen MR) is 61.4 cm³/mol. The summed E-state index contributed by atoms with van der Waals surface area (Å²) < 4.78 is 5.08.